The smallest absolute Gasteiger partial charge is 0.0230 e. The normalized spacial score (nSPS) is 12.4. The Labute approximate surface area is 125 Å². The molecule has 2 nitrogen and oxygen atoms in total. The van der Waals surface area contributed by atoms with E-state index in [0.717, 1.165) is 26.2 Å². The summed E-state index contributed by atoms with van der Waals surface area (Å²) < 4.78 is 0. The highest BCUT2D eigenvalue weighted by atomic mass is 15.1. The van der Waals surface area contributed by atoms with Gasteiger partial charge in [-0.1, -0.05) is 58.9 Å². The van der Waals surface area contributed by atoms with Crippen LogP contribution in [-0.2, 0) is 13.1 Å². The van der Waals surface area contributed by atoms with E-state index < -0.39 is 0 Å². The van der Waals surface area contributed by atoms with Gasteiger partial charge in [0.15, 0.2) is 0 Å². The quantitative estimate of drug-likeness (QED) is 0.812. The van der Waals surface area contributed by atoms with Crippen molar-refractivity contribution < 1.29 is 0 Å². The second-order valence-electron chi connectivity index (χ2n) is 7.57. The van der Waals surface area contributed by atoms with E-state index in [1.165, 1.54) is 11.1 Å². The van der Waals surface area contributed by atoms with Crippen LogP contribution in [-0.4, -0.2) is 25.0 Å². The van der Waals surface area contributed by atoms with Crippen molar-refractivity contribution in [2.45, 2.75) is 47.7 Å². The molecule has 0 aliphatic rings. The molecule has 1 N–H and O–H groups in total. The summed E-state index contributed by atoms with van der Waals surface area (Å²) in [4.78, 5) is 2.39. The lowest BCUT2D eigenvalue weighted by atomic mass is 9.96. The molecular weight excluding hydrogens is 244 g/mol. The van der Waals surface area contributed by atoms with E-state index in [9.17, 15) is 0 Å². The molecule has 0 heterocycles. The first-order valence-electron chi connectivity index (χ1n) is 7.73. The number of hydrogen-bond donors (Lipinski definition) is 1. The van der Waals surface area contributed by atoms with Crippen molar-refractivity contribution in [1.29, 1.82) is 0 Å². The Hall–Kier alpha value is -0.860. The van der Waals surface area contributed by atoms with Crippen LogP contribution in [0.25, 0.3) is 0 Å². The Morgan fingerprint density at radius 3 is 2.10 bits per heavy atom. The first-order valence-corrected chi connectivity index (χ1v) is 7.73. The summed E-state index contributed by atoms with van der Waals surface area (Å²) >= 11 is 0. The van der Waals surface area contributed by atoms with Crippen molar-refractivity contribution in [3.8, 4) is 0 Å². The molecule has 0 fully saturated rings. The molecule has 0 aromatic heterocycles. The van der Waals surface area contributed by atoms with Gasteiger partial charge in [-0.05, 0) is 36.1 Å². The lowest BCUT2D eigenvalue weighted by molar-refractivity contribution is 0.221. The van der Waals surface area contributed by atoms with Crippen LogP contribution in [0, 0.1) is 11.3 Å². The van der Waals surface area contributed by atoms with E-state index in [4.69, 9.17) is 0 Å². The van der Waals surface area contributed by atoms with Crippen LogP contribution in [0.15, 0.2) is 24.3 Å². The maximum Gasteiger partial charge on any atom is 0.0230 e. The maximum atomic E-state index is 3.48. The van der Waals surface area contributed by atoms with E-state index in [-0.39, 0.29) is 0 Å². The standard InChI is InChI=1S/C18H32N2/c1-15(2)11-19-12-16-7-9-17(10-8-16)13-20(6)14-18(3,4)5/h7-10,15,19H,11-14H2,1-6H3. The highest BCUT2D eigenvalue weighted by Crippen LogP contribution is 2.16. The molecule has 0 saturated heterocycles. The Balaban J connectivity index is 2.42. The summed E-state index contributed by atoms with van der Waals surface area (Å²) in [6, 6.07) is 9.00. The minimum absolute atomic E-state index is 0.357. The number of rotatable bonds is 7. The lowest BCUT2D eigenvalue weighted by Crippen LogP contribution is -2.28. The van der Waals surface area contributed by atoms with Gasteiger partial charge in [-0.15, -0.1) is 0 Å². The van der Waals surface area contributed by atoms with Crippen LogP contribution in [0.2, 0.25) is 0 Å². The van der Waals surface area contributed by atoms with Gasteiger partial charge in [-0.3, -0.25) is 0 Å². The summed E-state index contributed by atoms with van der Waals surface area (Å²) in [5.74, 6) is 0.709. The fourth-order valence-electron chi connectivity index (χ4n) is 2.45. The molecule has 20 heavy (non-hydrogen) atoms. The average Bonchev–Trinajstić information content (AvgIpc) is 2.28. The van der Waals surface area contributed by atoms with Gasteiger partial charge in [0.2, 0.25) is 0 Å². The number of hydrogen-bond acceptors (Lipinski definition) is 2. The van der Waals surface area contributed by atoms with E-state index in [0.29, 0.717) is 11.3 Å². The summed E-state index contributed by atoms with van der Waals surface area (Å²) in [6.45, 7) is 15.5. The Bertz CT molecular complexity index is 373. The predicted octanol–water partition coefficient (Wildman–Crippen LogP) is 3.91. The molecule has 0 bridgehead atoms. The molecule has 1 aromatic carbocycles. The molecule has 0 aliphatic heterocycles. The monoisotopic (exact) mass is 276 g/mol. The number of benzene rings is 1. The molecule has 0 amide bonds. The second-order valence-corrected chi connectivity index (χ2v) is 7.57. The minimum atomic E-state index is 0.357. The van der Waals surface area contributed by atoms with Crippen LogP contribution in [0.4, 0.5) is 0 Å². The molecule has 114 valence electrons. The van der Waals surface area contributed by atoms with E-state index in [2.05, 4.69) is 76.1 Å². The van der Waals surface area contributed by atoms with Gasteiger partial charge in [0.25, 0.3) is 0 Å². The third-order valence-corrected chi connectivity index (χ3v) is 3.10. The summed E-state index contributed by atoms with van der Waals surface area (Å²) in [6.07, 6.45) is 0. The molecule has 0 atom stereocenters. The Morgan fingerprint density at radius 1 is 1.05 bits per heavy atom. The summed E-state index contributed by atoms with van der Waals surface area (Å²) in [5, 5.41) is 3.48. The van der Waals surface area contributed by atoms with Gasteiger partial charge in [-0.25, -0.2) is 0 Å². The average molecular weight is 276 g/mol. The molecule has 2 heteroatoms. The van der Waals surface area contributed by atoms with Gasteiger partial charge < -0.3 is 10.2 Å². The van der Waals surface area contributed by atoms with Crippen LogP contribution in [0.1, 0.15) is 45.7 Å². The first kappa shape index (κ1) is 17.2. The maximum absolute atomic E-state index is 3.48. The van der Waals surface area contributed by atoms with Crippen molar-refractivity contribution in [2.75, 3.05) is 20.1 Å². The molecular formula is C18H32N2. The second kappa shape index (κ2) is 7.80. The van der Waals surface area contributed by atoms with Crippen molar-refractivity contribution in [3.63, 3.8) is 0 Å². The molecule has 0 saturated carbocycles. The highest BCUT2D eigenvalue weighted by Gasteiger charge is 2.13. The first-order chi connectivity index (χ1) is 9.26. The van der Waals surface area contributed by atoms with E-state index in [1.807, 2.05) is 0 Å². The molecule has 0 aliphatic carbocycles. The Kier molecular flexibility index (Phi) is 6.70. The van der Waals surface area contributed by atoms with Gasteiger partial charge in [0, 0.05) is 19.6 Å². The molecule has 0 radical (unpaired) electrons. The van der Waals surface area contributed by atoms with Crippen molar-refractivity contribution >= 4 is 0 Å². The van der Waals surface area contributed by atoms with Crippen molar-refractivity contribution in [3.05, 3.63) is 35.4 Å². The topological polar surface area (TPSA) is 15.3 Å². The number of nitrogens with one attached hydrogen (secondary N) is 1. The minimum Gasteiger partial charge on any atom is -0.312 e. The van der Waals surface area contributed by atoms with Crippen molar-refractivity contribution in [2.24, 2.45) is 11.3 Å². The third kappa shape index (κ3) is 7.66. The van der Waals surface area contributed by atoms with Crippen molar-refractivity contribution in [1.82, 2.24) is 10.2 Å². The van der Waals surface area contributed by atoms with Crippen LogP contribution < -0.4 is 5.32 Å². The third-order valence-electron chi connectivity index (χ3n) is 3.10. The largest absolute Gasteiger partial charge is 0.312 e. The summed E-state index contributed by atoms with van der Waals surface area (Å²) in [5.41, 5.74) is 3.12. The highest BCUT2D eigenvalue weighted by molar-refractivity contribution is 5.22. The van der Waals surface area contributed by atoms with Gasteiger partial charge in [0.1, 0.15) is 0 Å². The van der Waals surface area contributed by atoms with Gasteiger partial charge in [0.05, 0.1) is 0 Å². The van der Waals surface area contributed by atoms with Crippen LogP contribution in [0.3, 0.4) is 0 Å². The van der Waals surface area contributed by atoms with Crippen LogP contribution in [0.5, 0.6) is 0 Å². The zero-order valence-corrected chi connectivity index (χ0v) is 14.2. The SMILES string of the molecule is CC(C)CNCc1ccc(CN(C)CC(C)(C)C)cc1. The molecule has 1 aromatic rings. The van der Waals surface area contributed by atoms with Gasteiger partial charge in [-0.2, -0.15) is 0 Å². The van der Waals surface area contributed by atoms with Gasteiger partial charge >= 0.3 is 0 Å². The van der Waals surface area contributed by atoms with E-state index >= 15 is 0 Å². The lowest BCUT2D eigenvalue weighted by Gasteiger charge is -2.26. The predicted molar refractivity (Wildman–Crippen MR) is 88.8 cm³/mol. The fourth-order valence-corrected chi connectivity index (χ4v) is 2.45. The summed E-state index contributed by atoms with van der Waals surface area (Å²) in [7, 11) is 2.20. The zero-order chi connectivity index (χ0) is 15.2. The van der Waals surface area contributed by atoms with Crippen LogP contribution >= 0.6 is 0 Å². The molecule has 0 unspecified atom stereocenters. The molecule has 0 spiro atoms. The fraction of sp³-hybridized carbons (Fsp3) is 0.667. The van der Waals surface area contributed by atoms with E-state index in [1.54, 1.807) is 0 Å². The Morgan fingerprint density at radius 2 is 1.60 bits per heavy atom. The molecule has 1 rings (SSSR count). The zero-order valence-electron chi connectivity index (χ0n) is 14.2. The number of nitrogens with zero attached hydrogens (tertiary/aromatic N) is 1.